The summed E-state index contributed by atoms with van der Waals surface area (Å²) in [5.74, 6) is 0. The second-order valence-corrected chi connectivity index (χ2v) is 6.46. The van der Waals surface area contributed by atoms with Crippen molar-refractivity contribution in [2.24, 2.45) is 0 Å². The van der Waals surface area contributed by atoms with Gasteiger partial charge in [0.05, 0.1) is 12.3 Å². The first-order chi connectivity index (χ1) is 7.50. The number of hydrogen-bond donors (Lipinski definition) is 1. The van der Waals surface area contributed by atoms with Gasteiger partial charge in [0, 0.05) is 18.7 Å². The lowest BCUT2D eigenvalue weighted by Crippen LogP contribution is -2.06. The van der Waals surface area contributed by atoms with Crippen LogP contribution in [0.3, 0.4) is 0 Å². The van der Waals surface area contributed by atoms with E-state index in [0.717, 1.165) is 4.47 Å². The highest BCUT2D eigenvalue weighted by Crippen LogP contribution is 2.49. The van der Waals surface area contributed by atoms with E-state index in [9.17, 15) is 9.67 Å². The third-order valence-electron chi connectivity index (χ3n) is 2.21. The summed E-state index contributed by atoms with van der Waals surface area (Å²) in [5.41, 5.74) is 0.678. The van der Waals surface area contributed by atoms with Crippen LogP contribution in [0.25, 0.3) is 0 Å². The van der Waals surface area contributed by atoms with Gasteiger partial charge in [-0.05, 0) is 17.7 Å². The summed E-state index contributed by atoms with van der Waals surface area (Å²) in [5, 5.41) is 9.86. The lowest BCUT2D eigenvalue weighted by molar-refractivity contribution is 0.184. The molecular weight excluding hydrogens is 295 g/mol. The molecule has 1 rings (SSSR count). The van der Waals surface area contributed by atoms with Crippen molar-refractivity contribution in [2.45, 2.75) is 6.10 Å². The molecule has 0 amide bonds. The van der Waals surface area contributed by atoms with Gasteiger partial charge in [-0.3, -0.25) is 4.57 Å². The molecule has 4 nitrogen and oxygen atoms in total. The minimum atomic E-state index is -3.18. The van der Waals surface area contributed by atoms with Crippen molar-refractivity contribution >= 4 is 23.5 Å². The third kappa shape index (κ3) is 3.68. The van der Waals surface area contributed by atoms with Crippen LogP contribution in [0.15, 0.2) is 28.7 Å². The molecule has 0 spiro atoms. The van der Waals surface area contributed by atoms with Gasteiger partial charge < -0.3 is 14.2 Å². The Bertz CT molecular complexity index is 371. The Balaban J connectivity index is 2.75. The van der Waals surface area contributed by atoms with E-state index in [4.69, 9.17) is 9.05 Å². The minimum Gasteiger partial charge on any atom is -0.388 e. The molecule has 0 fully saturated rings. The van der Waals surface area contributed by atoms with Crippen LogP contribution in [0.1, 0.15) is 11.7 Å². The fourth-order valence-corrected chi connectivity index (χ4v) is 2.57. The smallest absolute Gasteiger partial charge is 0.333 e. The van der Waals surface area contributed by atoms with Crippen molar-refractivity contribution in [3.05, 3.63) is 34.3 Å². The van der Waals surface area contributed by atoms with Gasteiger partial charge in [-0.1, -0.05) is 28.1 Å². The summed E-state index contributed by atoms with van der Waals surface area (Å²) in [6.45, 7) is 0. The predicted octanol–water partition coefficient (Wildman–Crippen LogP) is 2.97. The zero-order valence-corrected chi connectivity index (χ0v) is 11.6. The maximum atomic E-state index is 11.8. The fraction of sp³-hybridized carbons (Fsp3) is 0.400. The van der Waals surface area contributed by atoms with Gasteiger partial charge in [0.15, 0.2) is 0 Å². The lowest BCUT2D eigenvalue weighted by atomic mass is 10.1. The average molecular weight is 309 g/mol. The lowest BCUT2D eigenvalue weighted by Gasteiger charge is -2.17. The van der Waals surface area contributed by atoms with Gasteiger partial charge in [-0.2, -0.15) is 0 Å². The van der Waals surface area contributed by atoms with E-state index in [1.54, 1.807) is 12.1 Å². The highest BCUT2D eigenvalue weighted by Gasteiger charge is 2.26. The molecule has 0 saturated heterocycles. The first-order valence-electron chi connectivity index (χ1n) is 4.65. The zero-order valence-electron chi connectivity index (χ0n) is 9.09. The molecule has 16 heavy (non-hydrogen) atoms. The Hall–Kier alpha value is -0.190. The van der Waals surface area contributed by atoms with Crippen LogP contribution in [0.5, 0.6) is 0 Å². The number of rotatable bonds is 5. The molecule has 1 N–H and O–H groups in total. The first-order valence-corrected chi connectivity index (χ1v) is 7.17. The summed E-state index contributed by atoms with van der Waals surface area (Å²) in [7, 11) is -0.568. The molecule has 0 saturated carbocycles. The normalized spacial score (nSPS) is 13.8. The fourth-order valence-electron chi connectivity index (χ4n) is 1.23. The Morgan fingerprint density at radius 2 is 1.81 bits per heavy atom. The molecule has 90 valence electrons. The number of aliphatic hydroxyl groups is 1. The van der Waals surface area contributed by atoms with Crippen LogP contribution in [0.4, 0.5) is 0 Å². The highest BCUT2D eigenvalue weighted by molar-refractivity contribution is 9.10. The Morgan fingerprint density at radius 3 is 2.25 bits per heavy atom. The van der Waals surface area contributed by atoms with E-state index in [0.29, 0.717) is 5.56 Å². The van der Waals surface area contributed by atoms with Gasteiger partial charge in [0.25, 0.3) is 0 Å². The Morgan fingerprint density at radius 1 is 1.31 bits per heavy atom. The topological polar surface area (TPSA) is 55.8 Å². The third-order valence-corrected chi connectivity index (χ3v) is 4.64. The molecule has 1 aromatic carbocycles. The number of aliphatic hydroxyl groups excluding tert-OH is 1. The maximum absolute atomic E-state index is 11.8. The number of benzene rings is 1. The summed E-state index contributed by atoms with van der Waals surface area (Å²) in [6, 6.07) is 7.13. The molecule has 0 radical (unpaired) electrons. The van der Waals surface area contributed by atoms with Gasteiger partial charge in [0.2, 0.25) is 0 Å². The zero-order chi connectivity index (χ0) is 12.2. The first kappa shape index (κ1) is 13.9. The van der Waals surface area contributed by atoms with E-state index in [1.165, 1.54) is 14.2 Å². The predicted molar refractivity (Wildman–Crippen MR) is 65.6 cm³/mol. The van der Waals surface area contributed by atoms with Crippen LogP contribution < -0.4 is 0 Å². The molecule has 6 heteroatoms. The van der Waals surface area contributed by atoms with Crippen molar-refractivity contribution in [1.29, 1.82) is 0 Å². The summed E-state index contributed by atoms with van der Waals surface area (Å²) in [6.07, 6.45) is -0.916. The molecule has 0 aliphatic carbocycles. The summed E-state index contributed by atoms with van der Waals surface area (Å²) in [4.78, 5) is 0. The van der Waals surface area contributed by atoms with Crippen LogP contribution in [-0.2, 0) is 13.6 Å². The summed E-state index contributed by atoms with van der Waals surface area (Å²) >= 11 is 3.30. The standard InChI is InChI=1S/C10H14BrO4P/c1-14-16(13,15-2)7-10(12)8-3-5-9(11)6-4-8/h3-6,10,12H,7H2,1-2H3/t10-/m0/s1. The molecule has 0 unspecified atom stereocenters. The van der Waals surface area contributed by atoms with E-state index >= 15 is 0 Å². The van der Waals surface area contributed by atoms with Crippen LogP contribution in [-0.4, -0.2) is 25.5 Å². The highest BCUT2D eigenvalue weighted by atomic mass is 79.9. The SMILES string of the molecule is COP(=O)(C[C@H](O)c1ccc(Br)cc1)OC. The monoisotopic (exact) mass is 308 g/mol. The van der Waals surface area contributed by atoms with Gasteiger partial charge in [-0.25, -0.2) is 0 Å². The molecule has 1 aromatic rings. The second-order valence-electron chi connectivity index (χ2n) is 3.23. The maximum Gasteiger partial charge on any atom is 0.333 e. The Labute approximate surface area is 103 Å². The van der Waals surface area contributed by atoms with Crippen LogP contribution >= 0.6 is 23.5 Å². The molecule has 0 aromatic heterocycles. The number of hydrogen-bond acceptors (Lipinski definition) is 4. The molecule has 1 atom stereocenters. The van der Waals surface area contributed by atoms with Crippen molar-refractivity contribution in [3.63, 3.8) is 0 Å². The number of halogens is 1. The van der Waals surface area contributed by atoms with Gasteiger partial charge >= 0.3 is 7.60 Å². The second kappa shape index (κ2) is 5.94. The molecule has 0 heterocycles. The minimum absolute atomic E-state index is 0.0539. The van der Waals surface area contributed by atoms with E-state index in [2.05, 4.69) is 15.9 Å². The van der Waals surface area contributed by atoms with E-state index in [1.807, 2.05) is 12.1 Å². The van der Waals surface area contributed by atoms with E-state index < -0.39 is 13.7 Å². The molecule has 0 aliphatic heterocycles. The van der Waals surface area contributed by atoms with Gasteiger partial charge in [-0.15, -0.1) is 0 Å². The molecule has 0 aliphatic rings. The van der Waals surface area contributed by atoms with Crippen molar-refractivity contribution in [1.82, 2.24) is 0 Å². The Kier molecular flexibility index (Phi) is 5.15. The van der Waals surface area contributed by atoms with E-state index in [-0.39, 0.29) is 6.16 Å². The van der Waals surface area contributed by atoms with Crippen molar-refractivity contribution in [2.75, 3.05) is 20.4 Å². The van der Waals surface area contributed by atoms with Gasteiger partial charge in [0.1, 0.15) is 0 Å². The quantitative estimate of drug-likeness (QED) is 0.850. The van der Waals surface area contributed by atoms with Crippen molar-refractivity contribution < 1.29 is 18.7 Å². The molecular formula is C10H14BrO4P. The summed E-state index contributed by atoms with van der Waals surface area (Å²) < 4.78 is 22.2. The van der Waals surface area contributed by atoms with Crippen LogP contribution in [0, 0.1) is 0 Å². The molecule has 0 bridgehead atoms. The van der Waals surface area contributed by atoms with Crippen LogP contribution in [0.2, 0.25) is 0 Å². The van der Waals surface area contributed by atoms with Crippen molar-refractivity contribution in [3.8, 4) is 0 Å². The average Bonchev–Trinajstić information content (AvgIpc) is 2.29. The largest absolute Gasteiger partial charge is 0.388 e.